The summed E-state index contributed by atoms with van der Waals surface area (Å²) in [6.45, 7) is 12.6. The van der Waals surface area contributed by atoms with Gasteiger partial charge >= 0.3 is 0 Å². The standard InChI is InChI=1S/C11H25N3/c1-5-12-8-10(2)14-7-6-13(4)9-11(14)3/h10-12H,5-9H2,1-4H3. The van der Waals surface area contributed by atoms with Gasteiger partial charge in [0.1, 0.15) is 0 Å². The number of nitrogens with zero attached hydrogens (tertiary/aromatic N) is 2. The number of rotatable bonds is 4. The van der Waals surface area contributed by atoms with Crippen LogP contribution in [0.5, 0.6) is 0 Å². The molecule has 3 nitrogen and oxygen atoms in total. The van der Waals surface area contributed by atoms with Crippen molar-refractivity contribution in [1.29, 1.82) is 0 Å². The molecular weight excluding hydrogens is 174 g/mol. The van der Waals surface area contributed by atoms with Crippen LogP contribution in [0, 0.1) is 0 Å². The highest BCUT2D eigenvalue weighted by Gasteiger charge is 2.24. The minimum atomic E-state index is 0.665. The van der Waals surface area contributed by atoms with Crippen LogP contribution in [-0.4, -0.2) is 61.7 Å². The SMILES string of the molecule is CCNCC(C)N1CCN(C)CC1C. The van der Waals surface area contributed by atoms with E-state index in [1.807, 2.05) is 0 Å². The van der Waals surface area contributed by atoms with Gasteiger partial charge in [0.25, 0.3) is 0 Å². The Morgan fingerprint density at radius 1 is 1.43 bits per heavy atom. The van der Waals surface area contributed by atoms with Gasteiger partial charge in [-0.2, -0.15) is 0 Å². The second-order valence-corrected chi connectivity index (χ2v) is 4.51. The van der Waals surface area contributed by atoms with E-state index < -0.39 is 0 Å². The van der Waals surface area contributed by atoms with Gasteiger partial charge in [-0.25, -0.2) is 0 Å². The number of hydrogen-bond acceptors (Lipinski definition) is 3. The van der Waals surface area contributed by atoms with Crippen molar-refractivity contribution in [3.63, 3.8) is 0 Å². The van der Waals surface area contributed by atoms with E-state index in [0.29, 0.717) is 12.1 Å². The van der Waals surface area contributed by atoms with Crippen LogP contribution < -0.4 is 5.32 Å². The molecule has 1 aliphatic heterocycles. The Morgan fingerprint density at radius 3 is 2.71 bits per heavy atom. The first-order valence-electron chi connectivity index (χ1n) is 5.80. The van der Waals surface area contributed by atoms with Crippen molar-refractivity contribution in [2.75, 3.05) is 39.8 Å². The molecule has 0 radical (unpaired) electrons. The fourth-order valence-electron chi connectivity index (χ4n) is 2.28. The highest BCUT2D eigenvalue weighted by molar-refractivity contribution is 4.82. The number of piperazine rings is 1. The molecule has 3 heteroatoms. The first kappa shape index (κ1) is 12.0. The van der Waals surface area contributed by atoms with Crippen LogP contribution in [0.1, 0.15) is 20.8 Å². The molecule has 0 aromatic heterocycles. The number of hydrogen-bond donors (Lipinski definition) is 1. The van der Waals surface area contributed by atoms with Crippen LogP contribution in [0.3, 0.4) is 0 Å². The van der Waals surface area contributed by atoms with E-state index in [4.69, 9.17) is 0 Å². The molecule has 0 saturated carbocycles. The van der Waals surface area contributed by atoms with E-state index in [1.54, 1.807) is 0 Å². The molecule has 0 amide bonds. The van der Waals surface area contributed by atoms with Gasteiger partial charge in [-0.1, -0.05) is 6.92 Å². The number of nitrogens with one attached hydrogen (secondary N) is 1. The van der Waals surface area contributed by atoms with E-state index >= 15 is 0 Å². The Balaban J connectivity index is 2.35. The van der Waals surface area contributed by atoms with Gasteiger partial charge in [0.15, 0.2) is 0 Å². The predicted octanol–water partition coefficient (Wildman–Crippen LogP) is 0.620. The van der Waals surface area contributed by atoms with Gasteiger partial charge < -0.3 is 10.2 Å². The minimum Gasteiger partial charge on any atom is -0.315 e. The van der Waals surface area contributed by atoms with Crippen molar-refractivity contribution in [2.24, 2.45) is 0 Å². The topological polar surface area (TPSA) is 18.5 Å². The largest absolute Gasteiger partial charge is 0.315 e. The first-order valence-corrected chi connectivity index (χ1v) is 5.80. The van der Waals surface area contributed by atoms with Crippen LogP contribution in [0.4, 0.5) is 0 Å². The van der Waals surface area contributed by atoms with Crippen LogP contribution in [0.2, 0.25) is 0 Å². The highest BCUT2D eigenvalue weighted by atomic mass is 15.3. The maximum Gasteiger partial charge on any atom is 0.0198 e. The number of likely N-dealkylation sites (N-methyl/N-ethyl adjacent to an activating group) is 2. The zero-order chi connectivity index (χ0) is 10.6. The normalized spacial score (nSPS) is 27.9. The third-order valence-corrected chi connectivity index (χ3v) is 3.14. The molecule has 2 atom stereocenters. The molecule has 1 saturated heterocycles. The molecule has 0 aromatic carbocycles. The molecule has 1 heterocycles. The molecule has 84 valence electrons. The molecular formula is C11H25N3. The molecule has 1 N–H and O–H groups in total. The van der Waals surface area contributed by atoms with Gasteiger partial charge in [-0.3, -0.25) is 4.90 Å². The van der Waals surface area contributed by atoms with Gasteiger partial charge in [0, 0.05) is 38.3 Å². The van der Waals surface area contributed by atoms with Crippen molar-refractivity contribution in [3.05, 3.63) is 0 Å². The highest BCUT2D eigenvalue weighted by Crippen LogP contribution is 2.11. The van der Waals surface area contributed by atoms with Crippen molar-refractivity contribution < 1.29 is 0 Å². The summed E-state index contributed by atoms with van der Waals surface area (Å²) >= 11 is 0. The Bertz CT molecular complexity index is 161. The monoisotopic (exact) mass is 199 g/mol. The lowest BCUT2D eigenvalue weighted by atomic mass is 10.1. The molecule has 1 rings (SSSR count). The molecule has 1 fully saturated rings. The van der Waals surface area contributed by atoms with E-state index in [9.17, 15) is 0 Å². The molecule has 0 spiro atoms. The molecule has 14 heavy (non-hydrogen) atoms. The quantitative estimate of drug-likeness (QED) is 0.716. The Labute approximate surface area is 88.5 Å². The van der Waals surface area contributed by atoms with Gasteiger partial charge in [-0.15, -0.1) is 0 Å². The van der Waals surface area contributed by atoms with Crippen molar-refractivity contribution in [3.8, 4) is 0 Å². The third-order valence-electron chi connectivity index (χ3n) is 3.14. The lowest BCUT2D eigenvalue weighted by molar-refractivity contribution is 0.0676. The minimum absolute atomic E-state index is 0.665. The summed E-state index contributed by atoms with van der Waals surface area (Å²) in [6, 6.07) is 1.36. The molecule has 2 unspecified atom stereocenters. The zero-order valence-electron chi connectivity index (χ0n) is 10.1. The van der Waals surface area contributed by atoms with Crippen LogP contribution in [0.25, 0.3) is 0 Å². The maximum absolute atomic E-state index is 3.42. The van der Waals surface area contributed by atoms with E-state index in [0.717, 1.165) is 13.1 Å². The summed E-state index contributed by atoms with van der Waals surface area (Å²) < 4.78 is 0. The predicted molar refractivity (Wildman–Crippen MR) is 61.7 cm³/mol. The van der Waals surface area contributed by atoms with E-state index in [2.05, 4.69) is 42.9 Å². The fourth-order valence-corrected chi connectivity index (χ4v) is 2.28. The summed E-state index contributed by atoms with van der Waals surface area (Å²) in [6.07, 6.45) is 0. The smallest absolute Gasteiger partial charge is 0.0198 e. The van der Waals surface area contributed by atoms with E-state index in [1.165, 1.54) is 19.6 Å². The summed E-state index contributed by atoms with van der Waals surface area (Å²) in [4.78, 5) is 5.03. The molecule has 0 aromatic rings. The van der Waals surface area contributed by atoms with Crippen LogP contribution >= 0.6 is 0 Å². The summed E-state index contributed by atoms with van der Waals surface area (Å²) in [5, 5.41) is 3.42. The molecule has 1 aliphatic rings. The average molecular weight is 199 g/mol. The van der Waals surface area contributed by atoms with Gasteiger partial charge in [0.05, 0.1) is 0 Å². The van der Waals surface area contributed by atoms with Gasteiger partial charge in [0.2, 0.25) is 0 Å². The lowest BCUT2D eigenvalue weighted by Crippen LogP contribution is -2.55. The Morgan fingerprint density at radius 2 is 2.14 bits per heavy atom. The average Bonchev–Trinajstić information content (AvgIpc) is 2.14. The summed E-state index contributed by atoms with van der Waals surface area (Å²) in [5.41, 5.74) is 0. The molecule has 0 aliphatic carbocycles. The van der Waals surface area contributed by atoms with Crippen LogP contribution in [-0.2, 0) is 0 Å². The second-order valence-electron chi connectivity index (χ2n) is 4.51. The Hall–Kier alpha value is -0.120. The third kappa shape index (κ3) is 3.23. The zero-order valence-corrected chi connectivity index (χ0v) is 10.1. The van der Waals surface area contributed by atoms with Gasteiger partial charge in [-0.05, 0) is 27.4 Å². The summed E-state index contributed by atoms with van der Waals surface area (Å²) in [5.74, 6) is 0. The second kappa shape index (κ2) is 5.69. The van der Waals surface area contributed by atoms with Crippen LogP contribution in [0.15, 0.2) is 0 Å². The summed E-state index contributed by atoms with van der Waals surface area (Å²) in [7, 11) is 2.21. The maximum atomic E-state index is 3.42. The van der Waals surface area contributed by atoms with Crippen molar-refractivity contribution in [2.45, 2.75) is 32.9 Å². The van der Waals surface area contributed by atoms with Crippen molar-refractivity contribution in [1.82, 2.24) is 15.1 Å². The fraction of sp³-hybridized carbons (Fsp3) is 1.00. The Kier molecular flexibility index (Phi) is 4.85. The molecule has 0 bridgehead atoms. The first-order chi connectivity index (χ1) is 6.65. The van der Waals surface area contributed by atoms with E-state index in [-0.39, 0.29) is 0 Å². The lowest BCUT2D eigenvalue weighted by Gasteiger charge is -2.41. The van der Waals surface area contributed by atoms with Crippen molar-refractivity contribution >= 4 is 0 Å².